The summed E-state index contributed by atoms with van der Waals surface area (Å²) in [4.78, 5) is 19.5. The molecule has 138 valence electrons. The first kappa shape index (κ1) is 16.9. The second-order valence-corrected chi connectivity index (χ2v) is 7.65. The molecule has 2 saturated heterocycles. The number of likely N-dealkylation sites (tertiary alicyclic amines) is 1. The molecule has 0 unspecified atom stereocenters. The molecule has 3 fully saturated rings. The van der Waals surface area contributed by atoms with E-state index in [1.165, 1.54) is 25.7 Å². The molecule has 1 aromatic rings. The fourth-order valence-corrected chi connectivity index (χ4v) is 4.12. The first-order valence-corrected chi connectivity index (χ1v) is 9.78. The number of nitrogens with one attached hydrogen (secondary N) is 1. The monoisotopic (exact) mass is 346 g/mol. The molecule has 1 atom stereocenters. The number of nitrogens with zero attached hydrogens (tertiary/aromatic N) is 3. The predicted octanol–water partition coefficient (Wildman–Crippen LogP) is 2.21. The lowest BCUT2D eigenvalue weighted by Crippen LogP contribution is -2.53. The van der Waals surface area contributed by atoms with Crippen molar-refractivity contribution >= 4 is 6.03 Å². The van der Waals surface area contributed by atoms with Crippen LogP contribution in [0.2, 0.25) is 0 Å². The van der Waals surface area contributed by atoms with Gasteiger partial charge in [-0.15, -0.1) is 0 Å². The minimum atomic E-state index is 0.0721. The molecule has 6 nitrogen and oxygen atoms in total. The van der Waals surface area contributed by atoms with Crippen LogP contribution in [0.15, 0.2) is 16.5 Å². The van der Waals surface area contributed by atoms with Crippen LogP contribution in [-0.2, 0) is 0 Å². The van der Waals surface area contributed by atoms with Crippen molar-refractivity contribution < 1.29 is 9.21 Å². The fourth-order valence-electron chi connectivity index (χ4n) is 4.12. The molecule has 3 aliphatic rings. The van der Waals surface area contributed by atoms with E-state index in [0.717, 1.165) is 56.8 Å². The van der Waals surface area contributed by atoms with Crippen molar-refractivity contribution in [3.05, 3.63) is 23.7 Å². The number of furan rings is 1. The van der Waals surface area contributed by atoms with E-state index in [2.05, 4.69) is 21.2 Å². The average molecular weight is 346 g/mol. The average Bonchev–Trinajstić information content (AvgIpc) is 3.17. The van der Waals surface area contributed by atoms with Crippen LogP contribution in [0.1, 0.15) is 43.2 Å². The van der Waals surface area contributed by atoms with Crippen molar-refractivity contribution in [1.82, 2.24) is 20.0 Å². The highest BCUT2D eigenvalue weighted by Gasteiger charge is 2.33. The fraction of sp³-hybridized carbons (Fsp3) is 0.737. The van der Waals surface area contributed by atoms with Gasteiger partial charge >= 0.3 is 6.03 Å². The number of hydrogen-bond donors (Lipinski definition) is 1. The first-order valence-electron chi connectivity index (χ1n) is 9.78. The van der Waals surface area contributed by atoms with Crippen molar-refractivity contribution in [2.75, 3.05) is 45.8 Å². The number of hydrogen-bond acceptors (Lipinski definition) is 4. The normalized spacial score (nSPS) is 23.8. The summed E-state index contributed by atoms with van der Waals surface area (Å²) >= 11 is 0. The Hall–Kier alpha value is -1.53. The van der Waals surface area contributed by atoms with Crippen molar-refractivity contribution in [2.24, 2.45) is 0 Å². The van der Waals surface area contributed by atoms with Crippen LogP contribution >= 0.6 is 0 Å². The van der Waals surface area contributed by atoms with Gasteiger partial charge in [-0.2, -0.15) is 0 Å². The van der Waals surface area contributed by atoms with E-state index in [-0.39, 0.29) is 12.1 Å². The largest absolute Gasteiger partial charge is 0.465 e. The topological polar surface area (TPSA) is 52.0 Å². The standard InChI is InChI=1S/C19H30N4O2/c1-15-4-7-18(25-15)17(22-8-2-3-9-22)14-20-19(24)23-12-10-21(11-13-23)16-5-6-16/h4,7,16-17H,2-3,5-6,8-14H2,1H3,(H,20,24)/t17-/m0/s1. The second-order valence-electron chi connectivity index (χ2n) is 7.65. The molecular formula is C19H30N4O2. The third-order valence-corrected chi connectivity index (χ3v) is 5.78. The van der Waals surface area contributed by atoms with Gasteiger partial charge in [-0.1, -0.05) is 0 Å². The van der Waals surface area contributed by atoms with Crippen LogP contribution in [0.5, 0.6) is 0 Å². The third kappa shape index (κ3) is 4.01. The maximum Gasteiger partial charge on any atom is 0.317 e. The smallest absolute Gasteiger partial charge is 0.317 e. The van der Waals surface area contributed by atoms with Gasteiger partial charge in [0.25, 0.3) is 0 Å². The highest BCUT2D eigenvalue weighted by molar-refractivity contribution is 5.74. The van der Waals surface area contributed by atoms with Crippen molar-refractivity contribution in [3.8, 4) is 0 Å². The SMILES string of the molecule is Cc1ccc([C@H](CNC(=O)N2CCN(C3CC3)CC2)N2CCCC2)o1. The van der Waals surface area contributed by atoms with E-state index in [1.54, 1.807) is 0 Å². The molecule has 4 rings (SSSR count). The molecule has 2 aliphatic heterocycles. The Bertz CT molecular complexity index is 584. The lowest BCUT2D eigenvalue weighted by atomic mass is 10.2. The van der Waals surface area contributed by atoms with E-state index in [9.17, 15) is 4.79 Å². The van der Waals surface area contributed by atoms with E-state index >= 15 is 0 Å². The highest BCUT2D eigenvalue weighted by atomic mass is 16.3. The zero-order valence-electron chi connectivity index (χ0n) is 15.2. The van der Waals surface area contributed by atoms with Gasteiger partial charge in [0.1, 0.15) is 11.5 Å². The third-order valence-electron chi connectivity index (χ3n) is 5.78. The quantitative estimate of drug-likeness (QED) is 0.888. The van der Waals surface area contributed by atoms with Crippen molar-refractivity contribution in [1.29, 1.82) is 0 Å². The summed E-state index contributed by atoms with van der Waals surface area (Å²) in [6, 6.07) is 5.08. The Morgan fingerprint density at radius 2 is 1.88 bits per heavy atom. The number of amides is 2. The molecule has 6 heteroatoms. The Morgan fingerprint density at radius 3 is 2.48 bits per heavy atom. The molecule has 2 amide bonds. The molecule has 0 spiro atoms. The Balaban J connectivity index is 1.31. The summed E-state index contributed by atoms with van der Waals surface area (Å²) in [6.45, 7) is 8.49. The molecule has 25 heavy (non-hydrogen) atoms. The lowest BCUT2D eigenvalue weighted by molar-refractivity contribution is 0.131. The maximum atomic E-state index is 12.6. The number of piperazine rings is 1. The summed E-state index contributed by atoms with van der Waals surface area (Å²) in [7, 11) is 0. The van der Waals surface area contributed by atoms with Crippen LogP contribution in [-0.4, -0.2) is 72.6 Å². The molecule has 1 N–H and O–H groups in total. The summed E-state index contributed by atoms with van der Waals surface area (Å²) in [5.41, 5.74) is 0. The van der Waals surface area contributed by atoms with Gasteiger partial charge in [0.2, 0.25) is 0 Å². The molecule has 0 radical (unpaired) electrons. The first-order chi connectivity index (χ1) is 12.2. The Morgan fingerprint density at radius 1 is 1.16 bits per heavy atom. The van der Waals surface area contributed by atoms with Crippen LogP contribution < -0.4 is 5.32 Å². The summed E-state index contributed by atoms with van der Waals surface area (Å²) in [5.74, 6) is 1.90. The van der Waals surface area contributed by atoms with Gasteiger partial charge in [0, 0.05) is 38.8 Å². The number of urea groups is 1. The van der Waals surface area contributed by atoms with Gasteiger partial charge in [0.15, 0.2) is 0 Å². The van der Waals surface area contributed by atoms with Gasteiger partial charge in [-0.25, -0.2) is 4.79 Å². The van der Waals surface area contributed by atoms with Crippen LogP contribution in [0, 0.1) is 6.92 Å². The minimum Gasteiger partial charge on any atom is -0.465 e. The Kier molecular flexibility index (Phi) is 4.99. The molecular weight excluding hydrogens is 316 g/mol. The lowest BCUT2D eigenvalue weighted by Gasteiger charge is -2.35. The maximum absolute atomic E-state index is 12.6. The Labute approximate surface area is 150 Å². The number of aryl methyl sites for hydroxylation is 1. The van der Waals surface area contributed by atoms with Crippen LogP contribution in [0.3, 0.4) is 0 Å². The highest BCUT2D eigenvalue weighted by Crippen LogP contribution is 2.28. The van der Waals surface area contributed by atoms with Gasteiger partial charge < -0.3 is 14.6 Å². The van der Waals surface area contributed by atoms with Gasteiger partial charge in [-0.05, 0) is 57.8 Å². The van der Waals surface area contributed by atoms with Crippen molar-refractivity contribution in [3.63, 3.8) is 0 Å². The molecule has 1 saturated carbocycles. The molecule has 0 aromatic carbocycles. The molecule has 1 aliphatic carbocycles. The molecule has 3 heterocycles. The van der Waals surface area contributed by atoms with Gasteiger partial charge in [0.05, 0.1) is 6.04 Å². The summed E-state index contributed by atoms with van der Waals surface area (Å²) < 4.78 is 5.87. The van der Waals surface area contributed by atoms with E-state index in [4.69, 9.17) is 4.42 Å². The number of carbonyl (C=O) groups excluding carboxylic acids is 1. The zero-order chi connectivity index (χ0) is 17.2. The predicted molar refractivity (Wildman–Crippen MR) is 96.6 cm³/mol. The zero-order valence-corrected chi connectivity index (χ0v) is 15.2. The van der Waals surface area contributed by atoms with E-state index in [0.29, 0.717) is 6.54 Å². The minimum absolute atomic E-state index is 0.0721. The number of rotatable bonds is 5. The van der Waals surface area contributed by atoms with Crippen LogP contribution in [0.4, 0.5) is 4.79 Å². The molecule has 0 bridgehead atoms. The van der Waals surface area contributed by atoms with Crippen molar-refractivity contribution in [2.45, 2.75) is 44.7 Å². The van der Waals surface area contributed by atoms with Crippen LogP contribution in [0.25, 0.3) is 0 Å². The van der Waals surface area contributed by atoms with Gasteiger partial charge in [-0.3, -0.25) is 9.80 Å². The second kappa shape index (κ2) is 7.38. The number of carbonyl (C=O) groups is 1. The van der Waals surface area contributed by atoms with E-state index in [1.807, 2.05) is 17.9 Å². The summed E-state index contributed by atoms with van der Waals surface area (Å²) in [6.07, 6.45) is 5.14. The van der Waals surface area contributed by atoms with E-state index < -0.39 is 0 Å². The molecule has 1 aromatic heterocycles. The summed E-state index contributed by atoms with van der Waals surface area (Å²) in [5, 5.41) is 3.16.